The number of quaternary nitrogens is 1. The third-order valence-electron chi connectivity index (χ3n) is 4.00. The van der Waals surface area contributed by atoms with Gasteiger partial charge in [-0.15, -0.1) is 0 Å². The maximum Gasteiger partial charge on any atom is 0.311 e. The first-order valence-corrected chi connectivity index (χ1v) is 7.06. The Hall–Kier alpha value is -0.570. The summed E-state index contributed by atoms with van der Waals surface area (Å²) in [6.45, 7) is 14.8. The predicted molar refractivity (Wildman–Crippen MR) is 73.3 cm³/mol. The number of rotatable bonds is 3. The summed E-state index contributed by atoms with van der Waals surface area (Å²) in [5.41, 5.74) is -0.0818. The average Bonchev–Trinajstić information content (AvgIpc) is 2.12. The van der Waals surface area contributed by atoms with Crippen molar-refractivity contribution >= 4 is 5.97 Å². The molecule has 3 heteroatoms. The van der Waals surface area contributed by atoms with Crippen molar-refractivity contribution in [3.63, 3.8) is 0 Å². The summed E-state index contributed by atoms with van der Waals surface area (Å²) < 4.78 is 5.76. The molecule has 1 aliphatic heterocycles. The summed E-state index contributed by atoms with van der Waals surface area (Å²) in [4.78, 5) is 12.2. The maximum atomic E-state index is 12.2. The first-order valence-electron chi connectivity index (χ1n) is 7.06. The summed E-state index contributed by atoms with van der Waals surface area (Å²) in [5, 5.41) is 2.40. The van der Waals surface area contributed by atoms with Crippen molar-refractivity contribution < 1.29 is 14.8 Å². The highest BCUT2D eigenvalue weighted by atomic mass is 16.5. The van der Waals surface area contributed by atoms with Crippen LogP contribution in [0.2, 0.25) is 0 Å². The molecule has 0 atom stereocenters. The van der Waals surface area contributed by atoms with E-state index < -0.39 is 0 Å². The molecule has 0 bridgehead atoms. The second-order valence-corrected chi connectivity index (χ2v) is 7.79. The van der Waals surface area contributed by atoms with Crippen LogP contribution in [0.15, 0.2) is 0 Å². The molecule has 0 aliphatic carbocycles. The van der Waals surface area contributed by atoms with Crippen molar-refractivity contribution in [3.05, 3.63) is 0 Å². The Bertz CT molecular complexity index is 302. The second-order valence-electron chi connectivity index (χ2n) is 7.79. The summed E-state index contributed by atoms with van der Waals surface area (Å²) in [6.07, 6.45) is 2.74. The number of hydrogen-bond donors (Lipinski definition) is 1. The standard InChI is InChI=1S/C15H29NO2/c1-8-13(2,3)12(17)18-11-9-14(4,5)16-15(6,7)10-11/h11,16H,8-10H2,1-7H3/p+1. The molecule has 18 heavy (non-hydrogen) atoms. The van der Waals surface area contributed by atoms with Gasteiger partial charge in [-0.25, -0.2) is 0 Å². The van der Waals surface area contributed by atoms with E-state index in [-0.39, 0.29) is 28.6 Å². The number of piperidine rings is 1. The lowest BCUT2D eigenvalue weighted by atomic mass is 9.80. The van der Waals surface area contributed by atoms with Gasteiger partial charge in [0, 0.05) is 12.8 Å². The van der Waals surface area contributed by atoms with Crippen LogP contribution in [0.3, 0.4) is 0 Å². The molecule has 0 spiro atoms. The SMILES string of the molecule is CCC(C)(C)C(=O)OC1CC(C)(C)[NH2+]C(C)(C)C1. The van der Waals surface area contributed by atoms with Crippen molar-refractivity contribution in [2.24, 2.45) is 5.41 Å². The van der Waals surface area contributed by atoms with E-state index in [9.17, 15) is 4.79 Å². The van der Waals surface area contributed by atoms with Crippen molar-refractivity contribution in [3.8, 4) is 0 Å². The quantitative estimate of drug-likeness (QED) is 0.787. The smallest absolute Gasteiger partial charge is 0.311 e. The molecule has 2 N–H and O–H groups in total. The zero-order valence-corrected chi connectivity index (χ0v) is 13.1. The molecule has 1 rings (SSSR count). The minimum Gasteiger partial charge on any atom is -0.461 e. The van der Waals surface area contributed by atoms with Crippen LogP contribution in [0.4, 0.5) is 0 Å². The van der Waals surface area contributed by atoms with E-state index in [0.29, 0.717) is 0 Å². The van der Waals surface area contributed by atoms with E-state index in [4.69, 9.17) is 4.74 Å². The molecule has 0 aromatic carbocycles. The van der Waals surface area contributed by atoms with Gasteiger partial charge in [-0.05, 0) is 48.0 Å². The summed E-state index contributed by atoms with van der Waals surface area (Å²) >= 11 is 0. The van der Waals surface area contributed by atoms with Crippen LogP contribution in [-0.2, 0) is 9.53 Å². The van der Waals surface area contributed by atoms with E-state index in [2.05, 4.69) is 33.0 Å². The molecule has 0 saturated carbocycles. The van der Waals surface area contributed by atoms with Crippen LogP contribution in [0, 0.1) is 5.41 Å². The van der Waals surface area contributed by atoms with Gasteiger partial charge < -0.3 is 10.1 Å². The van der Waals surface area contributed by atoms with Gasteiger partial charge in [-0.3, -0.25) is 4.79 Å². The molecule has 1 heterocycles. The monoisotopic (exact) mass is 256 g/mol. The van der Waals surface area contributed by atoms with Crippen LogP contribution < -0.4 is 5.32 Å². The van der Waals surface area contributed by atoms with Gasteiger partial charge >= 0.3 is 5.97 Å². The third kappa shape index (κ3) is 3.98. The van der Waals surface area contributed by atoms with Gasteiger partial charge in [-0.1, -0.05) is 6.92 Å². The second kappa shape index (κ2) is 4.84. The highest BCUT2D eigenvalue weighted by Crippen LogP contribution is 2.28. The number of nitrogens with two attached hydrogens (primary N) is 1. The Balaban J connectivity index is 2.71. The Kier molecular flexibility index (Phi) is 4.16. The van der Waals surface area contributed by atoms with Crippen molar-refractivity contribution in [2.45, 2.75) is 84.9 Å². The van der Waals surface area contributed by atoms with Gasteiger partial charge in [0.15, 0.2) is 0 Å². The first-order chi connectivity index (χ1) is 7.97. The highest BCUT2D eigenvalue weighted by molar-refractivity contribution is 5.76. The van der Waals surface area contributed by atoms with Gasteiger partial charge in [0.25, 0.3) is 0 Å². The van der Waals surface area contributed by atoms with Crippen molar-refractivity contribution in [1.29, 1.82) is 0 Å². The fourth-order valence-corrected chi connectivity index (χ4v) is 2.96. The van der Waals surface area contributed by atoms with Gasteiger partial charge in [0.2, 0.25) is 0 Å². The molecular weight excluding hydrogens is 226 g/mol. The van der Waals surface area contributed by atoms with E-state index >= 15 is 0 Å². The first kappa shape index (κ1) is 15.5. The Morgan fingerprint density at radius 1 is 1.22 bits per heavy atom. The fraction of sp³-hybridized carbons (Fsp3) is 0.933. The molecule has 106 valence electrons. The van der Waals surface area contributed by atoms with Crippen LogP contribution in [0.1, 0.15) is 67.7 Å². The molecule has 0 aromatic rings. The normalized spacial score (nSPS) is 23.7. The van der Waals surface area contributed by atoms with Gasteiger partial charge in [0.05, 0.1) is 16.5 Å². The topological polar surface area (TPSA) is 42.9 Å². The lowest BCUT2D eigenvalue weighted by Crippen LogP contribution is -3.06. The van der Waals surface area contributed by atoms with Crippen LogP contribution in [0.25, 0.3) is 0 Å². The number of carbonyl (C=O) groups is 1. The zero-order valence-electron chi connectivity index (χ0n) is 13.1. The van der Waals surface area contributed by atoms with E-state index in [0.717, 1.165) is 19.3 Å². The molecule has 0 radical (unpaired) electrons. The minimum absolute atomic E-state index is 0.0523. The molecular formula is C15H30NO2+. The molecule has 0 unspecified atom stereocenters. The summed E-state index contributed by atoms with van der Waals surface area (Å²) in [7, 11) is 0. The number of hydrogen-bond acceptors (Lipinski definition) is 2. The molecule has 3 nitrogen and oxygen atoms in total. The lowest BCUT2D eigenvalue weighted by Gasteiger charge is -2.43. The Morgan fingerprint density at radius 3 is 2.06 bits per heavy atom. The number of carbonyl (C=O) groups excluding carboxylic acids is 1. The van der Waals surface area contributed by atoms with Crippen molar-refractivity contribution in [2.75, 3.05) is 0 Å². The molecule has 0 aromatic heterocycles. The van der Waals surface area contributed by atoms with Crippen molar-refractivity contribution in [1.82, 2.24) is 0 Å². The molecule has 1 fully saturated rings. The number of esters is 1. The maximum absolute atomic E-state index is 12.2. The predicted octanol–water partition coefficient (Wildman–Crippen LogP) is 2.25. The summed E-state index contributed by atoms with van der Waals surface area (Å²) in [6, 6.07) is 0. The van der Waals surface area contributed by atoms with Crippen LogP contribution in [-0.4, -0.2) is 23.2 Å². The van der Waals surface area contributed by atoms with Crippen LogP contribution >= 0.6 is 0 Å². The Labute approximate surface area is 112 Å². The Morgan fingerprint density at radius 2 is 1.67 bits per heavy atom. The van der Waals surface area contributed by atoms with Crippen LogP contribution in [0.5, 0.6) is 0 Å². The van der Waals surface area contributed by atoms with Gasteiger partial charge in [0.1, 0.15) is 6.10 Å². The zero-order chi connectivity index (χ0) is 14.2. The van der Waals surface area contributed by atoms with E-state index in [1.165, 1.54) is 0 Å². The summed E-state index contributed by atoms with van der Waals surface area (Å²) in [5.74, 6) is -0.0523. The largest absolute Gasteiger partial charge is 0.461 e. The van der Waals surface area contributed by atoms with Gasteiger partial charge in [-0.2, -0.15) is 0 Å². The fourth-order valence-electron chi connectivity index (χ4n) is 2.96. The molecule has 1 aliphatic rings. The molecule has 1 saturated heterocycles. The lowest BCUT2D eigenvalue weighted by molar-refractivity contribution is -0.789. The van der Waals surface area contributed by atoms with E-state index in [1.807, 2.05) is 20.8 Å². The van der Waals surface area contributed by atoms with E-state index in [1.54, 1.807) is 0 Å². The third-order valence-corrected chi connectivity index (χ3v) is 4.00. The molecule has 0 amide bonds. The average molecular weight is 256 g/mol. The number of ether oxygens (including phenoxy) is 1. The highest BCUT2D eigenvalue weighted by Gasteiger charge is 2.44. The minimum atomic E-state index is -0.366.